The zero-order valence-corrected chi connectivity index (χ0v) is 15.9. The molecule has 3 rings (SSSR count). The van der Waals surface area contributed by atoms with Crippen LogP contribution in [0.15, 0.2) is 41.6 Å². The number of piperazine rings is 1. The van der Waals surface area contributed by atoms with E-state index in [0.717, 1.165) is 17.9 Å². The number of carbonyl (C=O) groups excluding carboxylic acids is 1. The van der Waals surface area contributed by atoms with E-state index >= 15 is 0 Å². The molecule has 2 heterocycles. The van der Waals surface area contributed by atoms with Gasteiger partial charge in [0, 0.05) is 39.1 Å². The van der Waals surface area contributed by atoms with Gasteiger partial charge in [-0.05, 0) is 17.7 Å². The Kier molecular flexibility index (Phi) is 5.43. The molecule has 1 amide bonds. The standard InChI is InChI=1S/C18H24N4O3S/c1-3-26(24,25)15-6-4-14(5-7-15)12-17(23)22-11-8-19-13-16(22)18-20-9-10-21(18)2/h4-7,9-10,16,19H,3,8,11-13H2,1-2H3. The number of nitrogens with one attached hydrogen (secondary N) is 1. The smallest absolute Gasteiger partial charge is 0.227 e. The Labute approximate surface area is 154 Å². The zero-order valence-electron chi connectivity index (χ0n) is 15.1. The number of sulfone groups is 1. The summed E-state index contributed by atoms with van der Waals surface area (Å²) in [6.45, 7) is 3.66. The molecule has 0 radical (unpaired) electrons. The summed E-state index contributed by atoms with van der Waals surface area (Å²) in [5.41, 5.74) is 0.808. The first-order chi connectivity index (χ1) is 12.4. The highest BCUT2D eigenvalue weighted by molar-refractivity contribution is 7.91. The number of hydrogen-bond donors (Lipinski definition) is 1. The molecule has 1 atom stereocenters. The lowest BCUT2D eigenvalue weighted by atomic mass is 10.1. The highest BCUT2D eigenvalue weighted by Crippen LogP contribution is 2.22. The fourth-order valence-corrected chi connectivity index (χ4v) is 4.07. The molecule has 8 heteroatoms. The lowest BCUT2D eigenvalue weighted by Gasteiger charge is -2.35. The van der Waals surface area contributed by atoms with Crippen molar-refractivity contribution in [3.63, 3.8) is 0 Å². The number of benzene rings is 1. The molecule has 1 saturated heterocycles. The predicted molar refractivity (Wildman–Crippen MR) is 98.4 cm³/mol. The molecule has 0 aliphatic carbocycles. The van der Waals surface area contributed by atoms with Crippen molar-refractivity contribution in [2.24, 2.45) is 7.05 Å². The second kappa shape index (κ2) is 7.59. The first kappa shape index (κ1) is 18.6. The van der Waals surface area contributed by atoms with Gasteiger partial charge in [-0.15, -0.1) is 0 Å². The molecule has 1 aliphatic rings. The quantitative estimate of drug-likeness (QED) is 0.839. The van der Waals surface area contributed by atoms with Crippen LogP contribution >= 0.6 is 0 Å². The van der Waals surface area contributed by atoms with Crippen molar-refractivity contribution in [2.45, 2.75) is 24.3 Å². The summed E-state index contributed by atoms with van der Waals surface area (Å²) >= 11 is 0. The monoisotopic (exact) mass is 376 g/mol. The molecular formula is C18H24N4O3S. The van der Waals surface area contributed by atoms with Crippen LogP contribution in [0, 0.1) is 0 Å². The number of rotatable bonds is 5. The van der Waals surface area contributed by atoms with E-state index in [4.69, 9.17) is 0 Å². The van der Waals surface area contributed by atoms with Crippen LogP contribution < -0.4 is 5.32 Å². The highest BCUT2D eigenvalue weighted by Gasteiger charge is 2.30. The summed E-state index contributed by atoms with van der Waals surface area (Å²) in [5, 5.41) is 3.32. The molecule has 1 N–H and O–H groups in total. The summed E-state index contributed by atoms with van der Waals surface area (Å²) in [5.74, 6) is 0.942. The topological polar surface area (TPSA) is 84.3 Å². The van der Waals surface area contributed by atoms with Crippen molar-refractivity contribution >= 4 is 15.7 Å². The number of aryl methyl sites for hydroxylation is 1. The molecule has 1 aromatic carbocycles. The van der Waals surface area contributed by atoms with E-state index in [9.17, 15) is 13.2 Å². The lowest BCUT2D eigenvalue weighted by Crippen LogP contribution is -2.49. The maximum atomic E-state index is 12.9. The Morgan fingerprint density at radius 2 is 2.04 bits per heavy atom. The summed E-state index contributed by atoms with van der Waals surface area (Å²) < 4.78 is 25.7. The second-order valence-electron chi connectivity index (χ2n) is 6.43. The minimum Gasteiger partial charge on any atom is -0.336 e. The van der Waals surface area contributed by atoms with E-state index in [2.05, 4.69) is 10.3 Å². The first-order valence-electron chi connectivity index (χ1n) is 8.71. The van der Waals surface area contributed by atoms with Crippen LogP contribution in [0.5, 0.6) is 0 Å². The van der Waals surface area contributed by atoms with Gasteiger partial charge in [-0.2, -0.15) is 0 Å². The third-order valence-electron chi connectivity index (χ3n) is 4.74. The van der Waals surface area contributed by atoms with Crippen LogP contribution in [-0.2, 0) is 28.1 Å². The Hall–Kier alpha value is -2.19. The van der Waals surface area contributed by atoms with Crippen molar-refractivity contribution in [1.82, 2.24) is 19.8 Å². The van der Waals surface area contributed by atoms with Crippen molar-refractivity contribution in [2.75, 3.05) is 25.4 Å². The fraction of sp³-hybridized carbons (Fsp3) is 0.444. The number of amides is 1. The number of nitrogens with zero attached hydrogens (tertiary/aromatic N) is 3. The largest absolute Gasteiger partial charge is 0.336 e. The third kappa shape index (κ3) is 3.81. The normalized spacial score (nSPS) is 18.1. The predicted octanol–water partition coefficient (Wildman–Crippen LogP) is 0.929. The molecule has 1 aromatic heterocycles. The van der Waals surface area contributed by atoms with Gasteiger partial charge in [0.15, 0.2) is 9.84 Å². The van der Waals surface area contributed by atoms with Crippen molar-refractivity contribution in [3.8, 4) is 0 Å². The Balaban J connectivity index is 1.75. The highest BCUT2D eigenvalue weighted by atomic mass is 32.2. The average Bonchev–Trinajstić information content (AvgIpc) is 3.08. The van der Waals surface area contributed by atoms with Crippen molar-refractivity contribution in [3.05, 3.63) is 48.0 Å². The molecule has 26 heavy (non-hydrogen) atoms. The van der Waals surface area contributed by atoms with Crippen LogP contribution in [0.1, 0.15) is 24.4 Å². The summed E-state index contributed by atoms with van der Waals surface area (Å²) in [6, 6.07) is 6.50. The van der Waals surface area contributed by atoms with Crippen LogP contribution in [0.2, 0.25) is 0 Å². The third-order valence-corrected chi connectivity index (χ3v) is 6.49. The molecule has 0 bridgehead atoms. The molecule has 1 fully saturated rings. The van der Waals surface area contributed by atoms with Gasteiger partial charge in [-0.3, -0.25) is 4.79 Å². The van der Waals surface area contributed by atoms with E-state index in [0.29, 0.717) is 18.0 Å². The van der Waals surface area contributed by atoms with E-state index in [1.807, 2.05) is 22.7 Å². The van der Waals surface area contributed by atoms with Gasteiger partial charge in [0.2, 0.25) is 5.91 Å². The Morgan fingerprint density at radius 3 is 2.65 bits per heavy atom. The lowest BCUT2D eigenvalue weighted by molar-refractivity contribution is -0.134. The number of carbonyl (C=O) groups is 1. The molecule has 140 valence electrons. The van der Waals surface area contributed by atoms with E-state index in [1.165, 1.54) is 0 Å². The molecule has 1 unspecified atom stereocenters. The van der Waals surface area contributed by atoms with Crippen LogP contribution in [0.3, 0.4) is 0 Å². The number of hydrogen-bond acceptors (Lipinski definition) is 5. The minimum atomic E-state index is -3.22. The first-order valence-corrected chi connectivity index (χ1v) is 10.4. The summed E-state index contributed by atoms with van der Waals surface area (Å²) in [4.78, 5) is 19.4. The Morgan fingerprint density at radius 1 is 1.31 bits per heavy atom. The van der Waals surface area contributed by atoms with E-state index in [1.54, 1.807) is 37.4 Å². The second-order valence-corrected chi connectivity index (χ2v) is 8.71. The van der Waals surface area contributed by atoms with Crippen LogP contribution in [0.4, 0.5) is 0 Å². The summed E-state index contributed by atoms with van der Waals surface area (Å²) in [6.07, 6.45) is 3.85. The molecular weight excluding hydrogens is 352 g/mol. The SMILES string of the molecule is CCS(=O)(=O)c1ccc(CC(=O)N2CCNCC2c2nccn2C)cc1. The minimum absolute atomic E-state index is 0.0191. The average molecular weight is 376 g/mol. The van der Waals surface area contributed by atoms with Gasteiger partial charge in [0.1, 0.15) is 11.9 Å². The van der Waals surface area contributed by atoms with Gasteiger partial charge in [-0.25, -0.2) is 13.4 Å². The van der Waals surface area contributed by atoms with Crippen molar-refractivity contribution in [1.29, 1.82) is 0 Å². The molecule has 0 saturated carbocycles. The van der Waals surface area contributed by atoms with E-state index < -0.39 is 9.84 Å². The zero-order chi connectivity index (χ0) is 18.7. The number of imidazole rings is 1. The van der Waals surface area contributed by atoms with Gasteiger partial charge >= 0.3 is 0 Å². The van der Waals surface area contributed by atoms with Crippen molar-refractivity contribution < 1.29 is 13.2 Å². The van der Waals surface area contributed by atoms with Gasteiger partial charge in [-0.1, -0.05) is 19.1 Å². The van der Waals surface area contributed by atoms with Gasteiger partial charge in [0.25, 0.3) is 0 Å². The molecule has 7 nitrogen and oxygen atoms in total. The Bertz CT molecular complexity index is 874. The van der Waals surface area contributed by atoms with Crippen LogP contribution in [0.25, 0.3) is 0 Å². The maximum Gasteiger partial charge on any atom is 0.227 e. The molecule has 2 aromatic rings. The maximum absolute atomic E-state index is 12.9. The molecule has 1 aliphatic heterocycles. The van der Waals surface area contributed by atoms with Gasteiger partial charge < -0.3 is 14.8 Å². The summed E-state index contributed by atoms with van der Waals surface area (Å²) in [7, 11) is -1.30. The van der Waals surface area contributed by atoms with Gasteiger partial charge in [0.05, 0.1) is 17.1 Å². The fourth-order valence-electron chi connectivity index (χ4n) is 3.19. The molecule has 0 spiro atoms. The number of aromatic nitrogens is 2. The van der Waals surface area contributed by atoms with E-state index in [-0.39, 0.29) is 24.1 Å². The van der Waals surface area contributed by atoms with Crippen LogP contribution in [-0.4, -0.2) is 54.2 Å².